The first kappa shape index (κ1) is 6.53. The van der Waals surface area contributed by atoms with Crippen molar-refractivity contribution in [3.63, 3.8) is 0 Å². The van der Waals surface area contributed by atoms with Crippen molar-refractivity contribution in [1.29, 1.82) is 0 Å². The molecule has 0 bridgehead atoms. The third kappa shape index (κ3) is 0.949. The molecule has 0 aliphatic carbocycles. The van der Waals surface area contributed by atoms with Crippen molar-refractivity contribution < 1.29 is 0 Å². The maximum atomic E-state index is 4.01. The van der Waals surface area contributed by atoms with E-state index in [1.807, 2.05) is 6.26 Å². The first-order chi connectivity index (χ1) is 5.42. The zero-order valence-electron chi connectivity index (χ0n) is 5.80. The van der Waals surface area contributed by atoms with Gasteiger partial charge in [-0.25, -0.2) is 4.98 Å². The van der Waals surface area contributed by atoms with Crippen LogP contribution < -0.4 is 0 Å². The molecule has 6 heteroatoms. The van der Waals surface area contributed by atoms with Crippen molar-refractivity contribution in [2.45, 2.75) is 5.16 Å². The Morgan fingerprint density at radius 2 is 2.09 bits per heavy atom. The Labute approximate surface area is 66.9 Å². The van der Waals surface area contributed by atoms with Gasteiger partial charge in [-0.2, -0.15) is 19.6 Å². The fourth-order valence-corrected chi connectivity index (χ4v) is 1.24. The second-order valence-corrected chi connectivity index (χ2v) is 2.61. The number of hydrogen-bond donors (Lipinski definition) is 0. The minimum atomic E-state index is 0.587. The normalized spacial score (nSPS) is 10.6. The summed E-state index contributed by atoms with van der Waals surface area (Å²) in [6.07, 6.45) is 4.88. The summed E-state index contributed by atoms with van der Waals surface area (Å²) in [5.41, 5.74) is 0. The maximum Gasteiger partial charge on any atom is 0.256 e. The van der Waals surface area contributed by atoms with Crippen molar-refractivity contribution in [2.24, 2.45) is 0 Å². The maximum absolute atomic E-state index is 4.01. The van der Waals surface area contributed by atoms with Gasteiger partial charge < -0.3 is 0 Å². The number of fused-ring (bicyclic) bond motifs is 1. The quantitative estimate of drug-likeness (QED) is 0.569. The van der Waals surface area contributed by atoms with Crippen LogP contribution in [0.25, 0.3) is 5.78 Å². The van der Waals surface area contributed by atoms with Crippen molar-refractivity contribution >= 4 is 17.5 Å². The summed E-state index contributed by atoms with van der Waals surface area (Å²) in [5, 5.41) is 4.75. The molecule has 2 aromatic rings. The number of rotatable bonds is 1. The van der Waals surface area contributed by atoms with Crippen molar-refractivity contribution in [3.05, 3.63) is 12.7 Å². The van der Waals surface area contributed by atoms with Gasteiger partial charge in [-0.15, -0.1) is 0 Å². The highest BCUT2D eigenvalue weighted by Crippen LogP contribution is 2.08. The van der Waals surface area contributed by atoms with Crippen molar-refractivity contribution in [2.75, 3.05) is 6.26 Å². The third-order valence-electron chi connectivity index (χ3n) is 1.23. The smallest absolute Gasteiger partial charge is 0.211 e. The van der Waals surface area contributed by atoms with E-state index >= 15 is 0 Å². The fourth-order valence-electron chi connectivity index (χ4n) is 0.782. The van der Waals surface area contributed by atoms with Gasteiger partial charge in [-0.05, 0) is 6.26 Å². The van der Waals surface area contributed by atoms with Gasteiger partial charge >= 0.3 is 0 Å². The molecule has 0 aromatic carbocycles. The molecule has 0 unspecified atom stereocenters. The molecule has 0 atom stereocenters. The van der Waals surface area contributed by atoms with Gasteiger partial charge in [-0.1, -0.05) is 11.8 Å². The summed E-state index contributed by atoms with van der Waals surface area (Å²) < 4.78 is 1.60. The highest BCUT2D eigenvalue weighted by Gasteiger charge is 2.00. The Hall–Kier alpha value is -1.17. The second kappa shape index (κ2) is 2.46. The van der Waals surface area contributed by atoms with Gasteiger partial charge in [0, 0.05) is 0 Å². The molecule has 0 saturated carbocycles. The average Bonchev–Trinajstić information content (AvgIpc) is 2.50. The van der Waals surface area contributed by atoms with E-state index in [1.54, 1.807) is 4.52 Å². The molecule has 0 radical (unpaired) electrons. The summed E-state index contributed by atoms with van der Waals surface area (Å²) in [6, 6.07) is 0. The Balaban J connectivity index is 2.79. The average molecular weight is 167 g/mol. The monoisotopic (exact) mass is 167 g/mol. The van der Waals surface area contributed by atoms with E-state index in [0.29, 0.717) is 5.78 Å². The molecule has 0 aliphatic rings. The molecular weight excluding hydrogens is 162 g/mol. The van der Waals surface area contributed by atoms with Crippen LogP contribution in [0.4, 0.5) is 0 Å². The van der Waals surface area contributed by atoms with Crippen LogP contribution in [-0.4, -0.2) is 30.8 Å². The van der Waals surface area contributed by atoms with Crippen LogP contribution in [0.15, 0.2) is 17.8 Å². The fraction of sp³-hybridized carbons (Fsp3) is 0.200. The molecule has 0 spiro atoms. The van der Waals surface area contributed by atoms with Crippen LogP contribution in [0.1, 0.15) is 0 Å². The topological polar surface area (TPSA) is 56.0 Å². The van der Waals surface area contributed by atoms with Crippen molar-refractivity contribution in [3.8, 4) is 0 Å². The Bertz CT molecular complexity index is 370. The lowest BCUT2D eigenvalue weighted by Gasteiger charge is -1.94. The molecule has 0 N–H and O–H groups in total. The predicted octanol–water partition coefficient (Wildman–Crippen LogP) is 0.241. The summed E-state index contributed by atoms with van der Waals surface area (Å²) in [6.45, 7) is 0. The highest BCUT2D eigenvalue weighted by atomic mass is 32.2. The standard InChI is InChI=1S/C5H5N5S/c1-11-5-8-2-6-4-7-3-9-10(4)5/h2-3H,1H3. The molecule has 2 heterocycles. The summed E-state index contributed by atoms with van der Waals surface area (Å²) in [5.74, 6) is 0.587. The van der Waals surface area contributed by atoms with Crippen LogP contribution in [-0.2, 0) is 0 Å². The van der Waals surface area contributed by atoms with Gasteiger partial charge in [0.25, 0.3) is 5.78 Å². The lowest BCUT2D eigenvalue weighted by molar-refractivity contribution is 0.770. The third-order valence-corrected chi connectivity index (χ3v) is 1.88. The van der Waals surface area contributed by atoms with Gasteiger partial charge in [0.15, 0.2) is 5.16 Å². The summed E-state index contributed by atoms with van der Waals surface area (Å²) >= 11 is 1.51. The molecule has 0 fully saturated rings. The molecule has 56 valence electrons. The van der Waals surface area contributed by atoms with Gasteiger partial charge in [0.1, 0.15) is 12.7 Å². The Morgan fingerprint density at radius 1 is 1.27 bits per heavy atom. The molecule has 5 nitrogen and oxygen atoms in total. The molecular formula is C5H5N5S. The van der Waals surface area contributed by atoms with Crippen LogP contribution in [0, 0.1) is 0 Å². The van der Waals surface area contributed by atoms with E-state index in [0.717, 1.165) is 5.16 Å². The molecule has 11 heavy (non-hydrogen) atoms. The SMILES string of the molecule is CSc1ncnc2ncnn12. The molecule has 0 aliphatic heterocycles. The van der Waals surface area contributed by atoms with E-state index in [1.165, 1.54) is 24.4 Å². The van der Waals surface area contributed by atoms with Crippen LogP contribution in [0.3, 0.4) is 0 Å². The molecule has 2 rings (SSSR count). The van der Waals surface area contributed by atoms with Gasteiger partial charge in [-0.3, -0.25) is 0 Å². The van der Waals surface area contributed by atoms with E-state index < -0.39 is 0 Å². The molecule has 0 saturated heterocycles. The van der Waals surface area contributed by atoms with Gasteiger partial charge in [0.2, 0.25) is 0 Å². The van der Waals surface area contributed by atoms with E-state index in [2.05, 4.69) is 20.1 Å². The zero-order valence-corrected chi connectivity index (χ0v) is 6.62. The minimum Gasteiger partial charge on any atom is -0.211 e. The molecule has 0 amide bonds. The van der Waals surface area contributed by atoms with Crippen LogP contribution >= 0.6 is 11.8 Å². The zero-order chi connectivity index (χ0) is 7.68. The number of hydrogen-bond acceptors (Lipinski definition) is 5. The Kier molecular flexibility index (Phi) is 1.46. The molecule has 2 aromatic heterocycles. The number of nitrogens with zero attached hydrogens (tertiary/aromatic N) is 5. The first-order valence-electron chi connectivity index (χ1n) is 2.96. The van der Waals surface area contributed by atoms with Crippen molar-refractivity contribution in [1.82, 2.24) is 24.6 Å². The van der Waals surface area contributed by atoms with E-state index in [4.69, 9.17) is 0 Å². The number of thioether (sulfide) groups is 1. The predicted molar refractivity (Wildman–Crippen MR) is 40.4 cm³/mol. The van der Waals surface area contributed by atoms with Crippen LogP contribution in [0.5, 0.6) is 0 Å². The number of aromatic nitrogens is 5. The van der Waals surface area contributed by atoms with Gasteiger partial charge in [0.05, 0.1) is 0 Å². The Morgan fingerprint density at radius 3 is 2.91 bits per heavy atom. The van der Waals surface area contributed by atoms with Crippen LogP contribution in [0.2, 0.25) is 0 Å². The summed E-state index contributed by atoms with van der Waals surface area (Å²) in [4.78, 5) is 11.8. The first-order valence-corrected chi connectivity index (χ1v) is 4.19. The lowest BCUT2D eigenvalue weighted by atomic mass is 11.0. The minimum absolute atomic E-state index is 0.587. The lowest BCUT2D eigenvalue weighted by Crippen LogP contribution is -1.96. The highest BCUT2D eigenvalue weighted by molar-refractivity contribution is 7.98. The second-order valence-electron chi connectivity index (χ2n) is 1.83. The van der Waals surface area contributed by atoms with E-state index in [-0.39, 0.29) is 0 Å². The van der Waals surface area contributed by atoms with E-state index in [9.17, 15) is 0 Å². The summed E-state index contributed by atoms with van der Waals surface area (Å²) in [7, 11) is 0. The largest absolute Gasteiger partial charge is 0.256 e.